The Kier molecular flexibility index (Phi) is 3.93. The Bertz CT molecular complexity index is 667. The van der Waals surface area contributed by atoms with Crippen LogP contribution in [0.3, 0.4) is 0 Å². The van der Waals surface area contributed by atoms with Gasteiger partial charge < -0.3 is 4.74 Å². The highest BCUT2D eigenvalue weighted by Crippen LogP contribution is 2.33. The van der Waals surface area contributed by atoms with E-state index in [9.17, 15) is 18.0 Å². The Morgan fingerprint density at radius 1 is 1.14 bits per heavy atom. The standard InChI is InChI=1S/C14H11F3N2O2/c1-8(20)13-11(14(15,16)17)7-12(18-19-13)9-3-5-10(21-2)6-4-9/h3-7H,1-2H3. The summed E-state index contributed by atoms with van der Waals surface area (Å²) in [4.78, 5) is 11.2. The molecule has 0 saturated carbocycles. The van der Waals surface area contributed by atoms with Crippen LogP contribution < -0.4 is 4.74 Å². The van der Waals surface area contributed by atoms with Gasteiger partial charge in [0, 0.05) is 12.5 Å². The van der Waals surface area contributed by atoms with Gasteiger partial charge in [0.15, 0.2) is 5.78 Å². The van der Waals surface area contributed by atoms with Crippen molar-refractivity contribution in [1.82, 2.24) is 10.2 Å². The molecule has 1 aromatic heterocycles. The molecule has 7 heteroatoms. The van der Waals surface area contributed by atoms with E-state index in [0.29, 0.717) is 11.3 Å². The summed E-state index contributed by atoms with van der Waals surface area (Å²) in [5.74, 6) is -0.209. The number of hydrogen-bond donors (Lipinski definition) is 0. The van der Waals surface area contributed by atoms with Crippen LogP contribution in [0.25, 0.3) is 11.3 Å². The summed E-state index contributed by atoms with van der Waals surface area (Å²) in [5.41, 5.74) is -1.28. The molecule has 0 radical (unpaired) electrons. The smallest absolute Gasteiger partial charge is 0.418 e. The summed E-state index contributed by atoms with van der Waals surface area (Å²) in [6.07, 6.45) is -4.67. The number of benzene rings is 1. The summed E-state index contributed by atoms with van der Waals surface area (Å²) in [5, 5.41) is 7.10. The van der Waals surface area contributed by atoms with Crippen molar-refractivity contribution in [3.63, 3.8) is 0 Å². The highest BCUT2D eigenvalue weighted by Gasteiger charge is 2.36. The second kappa shape index (κ2) is 5.51. The molecule has 0 saturated heterocycles. The van der Waals surface area contributed by atoms with Crippen LogP contribution >= 0.6 is 0 Å². The van der Waals surface area contributed by atoms with Gasteiger partial charge in [-0.2, -0.15) is 13.2 Å². The lowest BCUT2D eigenvalue weighted by atomic mass is 10.1. The molecule has 0 spiro atoms. The van der Waals surface area contributed by atoms with E-state index in [1.807, 2.05) is 0 Å². The summed E-state index contributed by atoms with van der Waals surface area (Å²) in [6, 6.07) is 7.16. The van der Waals surface area contributed by atoms with Gasteiger partial charge >= 0.3 is 6.18 Å². The molecule has 0 unspecified atom stereocenters. The van der Waals surface area contributed by atoms with Crippen molar-refractivity contribution in [3.05, 3.63) is 41.6 Å². The van der Waals surface area contributed by atoms with Crippen LogP contribution in [0.2, 0.25) is 0 Å². The van der Waals surface area contributed by atoms with E-state index in [2.05, 4.69) is 10.2 Å². The predicted molar refractivity (Wildman–Crippen MR) is 69.0 cm³/mol. The van der Waals surface area contributed by atoms with Gasteiger partial charge in [-0.15, -0.1) is 10.2 Å². The number of methoxy groups -OCH3 is 1. The van der Waals surface area contributed by atoms with E-state index >= 15 is 0 Å². The van der Waals surface area contributed by atoms with Gasteiger partial charge in [0.1, 0.15) is 11.4 Å². The van der Waals surface area contributed by atoms with Crippen molar-refractivity contribution in [3.8, 4) is 17.0 Å². The first-order valence-corrected chi connectivity index (χ1v) is 5.93. The third-order valence-corrected chi connectivity index (χ3v) is 2.82. The Morgan fingerprint density at radius 3 is 2.24 bits per heavy atom. The Balaban J connectivity index is 2.53. The van der Waals surface area contributed by atoms with Crippen LogP contribution in [0, 0.1) is 0 Å². The molecule has 0 N–H and O–H groups in total. The highest BCUT2D eigenvalue weighted by molar-refractivity contribution is 5.93. The van der Waals surface area contributed by atoms with E-state index in [-0.39, 0.29) is 5.69 Å². The number of alkyl halides is 3. The first-order valence-electron chi connectivity index (χ1n) is 5.93. The number of nitrogens with zero attached hydrogens (tertiary/aromatic N) is 2. The summed E-state index contributed by atoms with van der Waals surface area (Å²) in [7, 11) is 1.48. The van der Waals surface area contributed by atoms with Crippen LogP contribution in [0.1, 0.15) is 23.0 Å². The van der Waals surface area contributed by atoms with Crippen molar-refractivity contribution < 1.29 is 22.7 Å². The van der Waals surface area contributed by atoms with Gasteiger partial charge in [0.05, 0.1) is 18.4 Å². The molecule has 0 atom stereocenters. The molecule has 0 fully saturated rings. The predicted octanol–water partition coefficient (Wildman–Crippen LogP) is 3.37. The van der Waals surface area contributed by atoms with Crippen LogP contribution in [-0.2, 0) is 6.18 Å². The minimum absolute atomic E-state index is 0.0370. The number of ketones is 1. The van der Waals surface area contributed by atoms with Gasteiger partial charge in [0.25, 0.3) is 0 Å². The van der Waals surface area contributed by atoms with Crippen LogP contribution in [0.5, 0.6) is 5.75 Å². The molecule has 0 aliphatic heterocycles. The molecule has 1 heterocycles. The first kappa shape index (κ1) is 15.0. The normalized spacial score (nSPS) is 11.3. The van der Waals surface area contributed by atoms with E-state index < -0.39 is 23.2 Å². The van der Waals surface area contributed by atoms with Crippen molar-refractivity contribution in [2.75, 3.05) is 7.11 Å². The average Bonchev–Trinajstić information content (AvgIpc) is 2.45. The van der Waals surface area contributed by atoms with Gasteiger partial charge in [0.2, 0.25) is 0 Å². The molecule has 2 aromatic rings. The van der Waals surface area contributed by atoms with Crippen LogP contribution in [-0.4, -0.2) is 23.1 Å². The zero-order valence-corrected chi connectivity index (χ0v) is 11.2. The van der Waals surface area contributed by atoms with Crippen molar-refractivity contribution in [2.24, 2.45) is 0 Å². The molecule has 0 bridgehead atoms. The number of aromatic nitrogens is 2. The van der Waals surface area contributed by atoms with E-state index in [0.717, 1.165) is 13.0 Å². The second-order valence-corrected chi connectivity index (χ2v) is 4.27. The molecular weight excluding hydrogens is 285 g/mol. The van der Waals surface area contributed by atoms with Gasteiger partial charge in [-0.25, -0.2) is 0 Å². The van der Waals surface area contributed by atoms with Gasteiger partial charge in [-0.3, -0.25) is 4.79 Å². The topological polar surface area (TPSA) is 52.1 Å². The molecule has 110 valence electrons. The molecular formula is C14H11F3N2O2. The maximum absolute atomic E-state index is 13.0. The van der Waals surface area contributed by atoms with E-state index in [1.165, 1.54) is 7.11 Å². The fourth-order valence-electron chi connectivity index (χ4n) is 1.77. The van der Waals surface area contributed by atoms with Crippen molar-refractivity contribution in [1.29, 1.82) is 0 Å². The maximum atomic E-state index is 13.0. The molecule has 0 aliphatic carbocycles. The number of hydrogen-bond acceptors (Lipinski definition) is 4. The zero-order chi connectivity index (χ0) is 15.6. The SMILES string of the molecule is COc1ccc(-c2cc(C(F)(F)F)c(C(C)=O)nn2)cc1. The van der Waals surface area contributed by atoms with Crippen molar-refractivity contribution in [2.45, 2.75) is 13.1 Å². The monoisotopic (exact) mass is 296 g/mol. The summed E-state index contributed by atoms with van der Waals surface area (Å²) in [6.45, 7) is 1.02. The first-order chi connectivity index (χ1) is 9.82. The molecule has 4 nitrogen and oxygen atoms in total. The third-order valence-electron chi connectivity index (χ3n) is 2.82. The minimum atomic E-state index is -4.67. The maximum Gasteiger partial charge on any atom is 0.418 e. The highest BCUT2D eigenvalue weighted by atomic mass is 19.4. The average molecular weight is 296 g/mol. The quantitative estimate of drug-likeness (QED) is 0.815. The van der Waals surface area contributed by atoms with Crippen LogP contribution in [0.4, 0.5) is 13.2 Å². The molecule has 21 heavy (non-hydrogen) atoms. The second-order valence-electron chi connectivity index (χ2n) is 4.27. The fraction of sp³-hybridized carbons (Fsp3) is 0.214. The van der Waals surface area contributed by atoms with Crippen LogP contribution in [0.15, 0.2) is 30.3 Å². The number of carbonyl (C=O) groups is 1. The zero-order valence-electron chi connectivity index (χ0n) is 11.2. The number of carbonyl (C=O) groups excluding carboxylic acids is 1. The molecule has 0 amide bonds. The molecule has 0 aliphatic rings. The van der Waals surface area contributed by atoms with Gasteiger partial charge in [-0.1, -0.05) is 0 Å². The Hall–Kier alpha value is -2.44. The van der Waals surface area contributed by atoms with Gasteiger partial charge in [-0.05, 0) is 30.3 Å². The number of ether oxygens (including phenoxy) is 1. The number of rotatable bonds is 3. The minimum Gasteiger partial charge on any atom is -0.497 e. The summed E-state index contributed by atoms with van der Waals surface area (Å²) >= 11 is 0. The summed E-state index contributed by atoms with van der Waals surface area (Å²) < 4.78 is 43.9. The lowest BCUT2D eigenvalue weighted by molar-refractivity contribution is -0.138. The lowest BCUT2D eigenvalue weighted by Crippen LogP contribution is -2.15. The number of Topliss-reactive ketones (excluding diaryl/α,β-unsaturated/α-hetero) is 1. The van der Waals surface area contributed by atoms with E-state index in [1.54, 1.807) is 24.3 Å². The molecule has 1 aromatic carbocycles. The van der Waals surface area contributed by atoms with E-state index in [4.69, 9.17) is 4.74 Å². The lowest BCUT2D eigenvalue weighted by Gasteiger charge is -2.11. The third kappa shape index (κ3) is 3.18. The van der Waals surface area contributed by atoms with Crippen molar-refractivity contribution >= 4 is 5.78 Å². The Labute approximate surface area is 118 Å². The molecule has 2 rings (SSSR count). The fourth-order valence-corrected chi connectivity index (χ4v) is 1.77. The Morgan fingerprint density at radius 2 is 1.76 bits per heavy atom. The largest absolute Gasteiger partial charge is 0.497 e. The number of halogens is 3.